The Balaban J connectivity index is 2.51. The van der Waals surface area contributed by atoms with E-state index in [2.05, 4.69) is 12.2 Å². The minimum Gasteiger partial charge on any atom is -0.468 e. The molecule has 0 amide bonds. The van der Waals surface area contributed by atoms with Crippen LogP contribution in [0.2, 0.25) is 0 Å². The maximum Gasteiger partial charge on any atom is 0.326 e. The minimum atomic E-state index is -0.449. The molecule has 4 nitrogen and oxygen atoms in total. The average Bonchev–Trinajstić information content (AvgIpc) is 2.81. The van der Waals surface area contributed by atoms with Crippen LogP contribution in [0.15, 0.2) is 0 Å². The molecule has 0 aromatic rings. The van der Waals surface area contributed by atoms with E-state index in [-0.39, 0.29) is 5.97 Å². The highest BCUT2D eigenvalue weighted by molar-refractivity contribution is 7.99. The number of hydrogen-bond acceptors (Lipinski definition) is 5. The monoisotopic (exact) mass is 275 g/mol. The molecule has 0 aromatic carbocycles. The standard InChI is InChI=1S/C13H25NO3S/c1-4-7-14-13(12(15)17-3)6-5-11(10-13)18-9-8-16-2/h11,14H,4-10H2,1-3H3. The van der Waals surface area contributed by atoms with Gasteiger partial charge in [0.25, 0.3) is 0 Å². The first kappa shape index (κ1) is 15.8. The first-order chi connectivity index (χ1) is 8.68. The number of ether oxygens (including phenoxy) is 2. The molecule has 1 aliphatic carbocycles. The molecule has 1 rings (SSSR count). The molecular weight excluding hydrogens is 250 g/mol. The van der Waals surface area contributed by atoms with E-state index in [4.69, 9.17) is 9.47 Å². The molecule has 106 valence electrons. The van der Waals surface area contributed by atoms with Crippen molar-refractivity contribution < 1.29 is 14.3 Å². The van der Waals surface area contributed by atoms with Crippen LogP contribution in [0, 0.1) is 0 Å². The Morgan fingerprint density at radius 3 is 2.89 bits per heavy atom. The topological polar surface area (TPSA) is 47.6 Å². The van der Waals surface area contributed by atoms with Gasteiger partial charge in [0.05, 0.1) is 13.7 Å². The first-order valence-electron chi connectivity index (χ1n) is 6.62. The Kier molecular flexibility index (Phi) is 7.04. The Morgan fingerprint density at radius 1 is 1.50 bits per heavy atom. The number of esters is 1. The number of carbonyl (C=O) groups excluding carboxylic acids is 1. The average molecular weight is 275 g/mol. The van der Waals surface area contributed by atoms with E-state index >= 15 is 0 Å². The van der Waals surface area contributed by atoms with E-state index in [1.54, 1.807) is 7.11 Å². The molecule has 2 unspecified atom stereocenters. The van der Waals surface area contributed by atoms with Gasteiger partial charge in [0.2, 0.25) is 0 Å². The molecule has 5 heteroatoms. The second-order valence-electron chi connectivity index (χ2n) is 4.73. The molecule has 18 heavy (non-hydrogen) atoms. The van der Waals surface area contributed by atoms with Crippen molar-refractivity contribution in [3.05, 3.63) is 0 Å². The van der Waals surface area contributed by atoms with Crippen molar-refractivity contribution in [3.8, 4) is 0 Å². The van der Waals surface area contributed by atoms with E-state index in [1.165, 1.54) is 7.11 Å². The highest BCUT2D eigenvalue weighted by Gasteiger charge is 2.45. The molecular formula is C13H25NO3S. The van der Waals surface area contributed by atoms with Crippen LogP contribution in [-0.4, -0.2) is 49.9 Å². The number of rotatable bonds is 8. The smallest absolute Gasteiger partial charge is 0.326 e. The lowest BCUT2D eigenvalue weighted by Gasteiger charge is -2.27. The zero-order valence-corrected chi connectivity index (χ0v) is 12.5. The zero-order chi connectivity index (χ0) is 13.4. The van der Waals surface area contributed by atoms with Gasteiger partial charge < -0.3 is 14.8 Å². The number of methoxy groups -OCH3 is 2. The summed E-state index contributed by atoms with van der Waals surface area (Å²) < 4.78 is 10.0. The van der Waals surface area contributed by atoms with E-state index in [1.807, 2.05) is 11.8 Å². The molecule has 0 aliphatic heterocycles. The van der Waals surface area contributed by atoms with Gasteiger partial charge in [0.15, 0.2) is 0 Å². The molecule has 1 N–H and O–H groups in total. The van der Waals surface area contributed by atoms with Crippen molar-refractivity contribution >= 4 is 17.7 Å². The molecule has 1 fully saturated rings. The summed E-state index contributed by atoms with van der Waals surface area (Å²) in [5, 5.41) is 3.93. The Bertz CT molecular complexity index is 263. The third-order valence-electron chi connectivity index (χ3n) is 3.40. The van der Waals surface area contributed by atoms with E-state index in [0.29, 0.717) is 5.25 Å². The summed E-state index contributed by atoms with van der Waals surface area (Å²) in [5.41, 5.74) is -0.449. The van der Waals surface area contributed by atoms with Gasteiger partial charge >= 0.3 is 5.97 Å². The maximum atomic E-state index is 12.0. The quantitative estimate of drug-likeness (QED) is 0.541. The van der Waals surface area contributed by atoms with Gasteiger partial charge in [-0.3, -0.25) is 4.79 Å². The van der Waals surface area contributed by atoms with Crippen molar-refractivity contribution in [1.82, 2.24) is 5.32 Å². The molecule has 0 radical (unpaired) electrons. The fourth-order valence-corrected chi connectivity index (χ4v) is 3.70. The van der Waals surface area contributed by atoms with Crippen LogP contribution in [0.1, 0.15) is 32.6 Å². The summed E-state index contributed by atoms with van der Waals surface area (Å²) in [4.78, 5) is 12.0. The van der Waals surface area contributed by atoms with Crippen LogP contribution in [0.4, 0.5) is 0 Å². The predicted octanol–water partition coefficient (Wildman–Crippen LogP) is 1.83. The number of hydrogen-bond donors (Lipinski definition) is 1. The van der Waals surface area contributed by atoms with Gasteiger partial charge in [-0.2, -0.15) is 11.8 Å². The van der Waals surface area contributed by atoms with Crippen LogP contribution < -0.4 is 5.32 Å². The van der Waals surface area contributed by atoms with Crippen molar-refractivity contribution in [1.29, 1.82) is 0 Å². The van der Waals surface area contributed by atoms with Crippen molar-refractivity contribution in [3.63, 3.8) is 0 Å². The first-order valence-corrected chi connectivity index (χ1v) is 7.67. The molecule has 0 heterocycles. The lowest BCUT2D eigenvalue weighted by molar-refractivity contribution is -0.148. The van der Waals surface area contributed by atoms with Gasteiger partial charge in [0.1, 0.15) is 5.54 Å². The Hall–Kier alpha value is -0.260. The SMILES string of the molecule is CCCNC1(C(=O)OC)CCC(SCCOC)C1. The highest BCUT2D eigenvalue weighted by Crippen LogP contribution is 2.37. The summed E-state index contributed by atoms with van der Waals surface area (Å²) >= 11 is 1.90. The fraction of sp³-hybridized carbons (Fsp3) is 0.923. The molecule has 0 bridgehead atoms. The van der Waals surface area contributed by atoms with Gasteiger partial charge in [-0.1, -0.05) is 6.92 Å². The number of thioether (sulfide) groups is 1. The van der Waals surface area contributed by atoms with Crippen molar-refractivity contribution in [2.24, 2.45) is 0 Å². The lowest BCUT2D eigenvalue weighted by Crippen LogP contribution is -2.51. The highest BCUT2D eigenvalue weighted by atomic mass is 32.2. The van der Waals surface area contributed by atoms with Gasteiger partial charge in [0, 0.05) is 18.1 Å². The largest absolute Gasteiger partial charge is 0.468 e. The summed E-state index contributed by atoms with van der Waals surface area (Å²) in [6.45, 7) is 3.75. The number of nitrogens with one attached hydrogen (secondary N) is 1. The van der Waals surface area contributed by atoms with Crippen molar-refractivity contribution in [2.75, 3.05) is 33.1 Å². The predicted molar refractivity (Wildman–Crippen MR) is 75.0 cm³/mol. The molecule has 1 aliphatic rings. The second-order valence-corrected chi connectivity index (χ2v) is 6.14. The molecule has 0 saturated heterocycles. The van der Waals surface area contributed by atoms with Crippen LogP contribution in [0.5, 0.6) is 0 Å². The van der Waals surface area contributed by atoms with Gasteiger partial charge in [-0.15, -0.1) is 0 Å². The summed E-state index contributed by atoms with van der Waals surface area (Å²) in [5.74, 6) is 0.887. The van der Waals surface area contributed by atoms with Crippen LogP contribution >= 0.6 is 11.8 Å². The zero-order valence-electron chi connectivity index (χ0n) is 11.7. The molecule has 2 atom stereocenters. The second kappa shape index (κ2) is 8.02. The van der Waals surface area contributed by atoms with Crippen LogP contribution in [-0.2, 0) is 14.3 Å². The summed E-state index contributed by atoms with van der Waals surface area (Å²) in [6, 6.07) is 0. The third-order valence-corrected chi connectivity index (χ3v) is 4.68. The Labute approximate surface area is 114 Å². The van der Waals surface area contributed by atoms with Crippen molar-refractivity contribution in [2.45, 2.75) is 43.4 Å². The maximum absolute atomic E-state index is 12.0. The fourth-order valence-electron chi connectivity index (χ4n) is 2.42. The lowest BCUT2D eigenvalue weighted by atomic mass is 9.97. The minimum absolute atomic E-state index is 0.106. The van der Waals surface area contributed by atoms with E-state index < -0.39 is 5.54 Å². The normalized spacial score (nSPS) is 27.4. The van der Waals surface area contributed by atoms with Gasteiger partial charge in [-0.05, 0) is 32.2 Å². The van der Waals surface area contributed by atoms with E-state index in [0.717, 1.165) is 44.6 Å². The summed E-state index contributed by atoms with van der Waals surface area (Å²) in [6.07, 6.45) is 3.85. The van der Waals surface area contributed by atoms with Gasteiger partial charge in [-0.25, -0.2) is 0 Å². The van der Waals surface area contributed by atoms with Crippen LogP contribution in [0.25, 0.3) is 0 Å². The van der Waals surface area contributed by atoms with Crippen LogP contribution in [0.3, 0.4) is 0 Å². The number of carbonyl (C=O) groups is 1. The molecule has 0 spiro atoms. The Morgan fingerprint density at radius 2 is 2.28 bits per heavy atom. The van der Waals surface area contributed by atoms with E-state index in [9.17, 15) is 4.79 Å². The third kappa shape index (κ3) is 4.14. The molecule has 1 saturated carbocycles. The molecule has 0 aromatic heterocycles. The summed E-state index contributed by atoms with van der Waals surface area (Å²) in [7, 11) is 3.19.